The number of methoxy groups -OCH3 is 2. The number of carbonyl (C=O) groups is 2. The molecule has 1 amide bonds. The number of fused-ring (bicyclic) bond motifs is 1. The quantitative estimate of drug-likeness (QED) is 0.563. The number of benzene rings is 2. The molecule has 34 heavy (non-hydrogen) atoms. The van der Waals surface area contributed by atoms with Gasteiger partial charge in [0.2, 0.25) is 5.91 Å². The molecule has 1 atom stereocenters. The molecule has 0 spiro atoms. The Bertz CT molecular complexity index is 1170. The lowest BCUT2D eigenvalue weighted by Gasteiger charge is -2.36. The number of hydrogen-bond acceptors (Lipinski definition) is 7. The molecule has 2 aliphatic rings. The number of ether oxygens (including phenoxy) is 2. The Morgan fingerprint density at radius 1 is 1.12 bits per heavy atom. The van der Waals surface area contributed by atoms with Crippen molar-refractivity contribution in [3.63, 3.8) is 0 Å². The standard InChI is InChI=1S/C26H27N3O4S/c1-4-21-23(25(31)33-3)24(18-11-8-12-20(13-18)32-2)29-19(16-34-26(29)28-21)14-22(30)27-15-17-9-6-5-7-10-17/h5-13,16,24H,4,14-15H2,1-3H3,(H,27,30)/t24-/m0/s1. The fraction of sp³-hybridized carbons (Fsp3) is 0.269. The second-order valence-electron chi connectivity index (χ2n) is 7.82. The van der Waals surface area contributed by atoms with E-state index in [1.807, 2.05) is 71.8 Å². The van der Waals surface area contributed by atoms with Gasteiger partial charge in [-0.15, -0.1) is 0 Å². The molecule has 0 unspecified atom stereocenters. The minimum atomic E-state index is -0.479. The van der Waals surface area contributed by atoms with Crippen molar-refractivity contribution >= 4 is 28.8 Å². The van der Waals surface area contributed by atoms with E-state index in [-0.39, 0.29) is 12.3 Å². The number of rotatable bonds is 8. The highest BCUT2D eigenvalue weighted by Gasteiger charge is 2.41. The van der Waals surface area contributed by atoms with E-state index in [1.54, 1.807) is 7.11 Å². The van der Waals surface area contributed by atoms with Gasteiger partial charge in [-0.05, 0) is 35.1 Å². The van der Waals surface area contributed by atoms with Gasteiger partial charge in [0.1, 0.15) is 5.75 Å². The molecular weight excluding hydrogens is 450 g/mol. The Morgan fingerprint density at radius 3 is 2.62 bits per heavy atom. The van der Waals surface area contributed by atoms with Crippen molar-refractivity contribution in [3.05, 3.63) is 88.1 Å². The summed E-state index contributed by atoms with van der Waals surface area (Å²) in [5.74, 6) is 0.144. The first-order valence-electron chi connectivity index (χ1n) is 11.0. The molecule has 0 saturated carbocycles. The zero-order chi connectivity index (χ0) is 24.1. The Hall–Kier alpha value is -3.52. The first-order chi connectivity index (χ1) is 16.5. The molecule has 2 aliphatic heterocycles. The maximum atomic E-state index is 12.9. The first-order valence-corrected chi connectivity index (χ1v) is 11.9. The van der Waals surface area contributed by atoms with Crippen LogP contribution < -0.4 is 10.1 Å². The SMILES string of the molecule is CCC1=C(C(=O)OC)[C@H](c2cccc(OC)c2)N2C(CC(=O)NCc3ccccc3)=CSC2=N1. The average Bonchev–Trinajstić information content (AvgIpc) is 3.28. The highest BCUT2D eigenvalue weighted by atomic mass is 32.2. The van der Waals surface area contributed by atoms with E-state index in [0.717, 1.165) is 22.0 Å². The first kappa shape index (κ1) is 23.6. The highest BCUT2D eigenvalue weighted by Crippen LogP contribution is 2.45. The van der Waals surface area contributed by atoms with Crippen LogP contribution in [0.4, 0.5) is 0 Å². The van der Waals surface area contributed by atoms with E-state index < -0.39 is 12.0 Å². The topological polar surface area (TPSA) is 80.2 Å². The minimum absolute atomic E-state index is 0.105. The molecule has 2 heterocycles. The maximum Gasteiger partial charge on any atom is 0.338 e. The van der Waals surface area contributed by atoms with E-state index in [1.165, 1.54) is 18.9 Å². The third-order valence-electron chi connectivity index (χ3n) is 5.71. The zero-order valence-corrected chi connectivity index (χ0v) is 20.2. The van der Waals surface area contributed by atoms with Crippen LogP contribution in [-0.4, -0.2) is 36.2 Å². The molecule has 0 radical (unpaired) electrons. The Balaban J connectivity index is 1.65. The van der Waals surface area contributed by atoms with E-state index in [2.05, 4.69) is 5.32 Å². The van der Waals surface area contributed by atoms with Crippen molar-refractivity contribution < 1.29 is 19.1 Å². The third kappa shape index (κ3) is 4.87. The fourth-order valence-electron chi connectivity index (χ4n) is 4.06. The van der Waals surface area contributed by atoms with Gasteiger partial charge in [-0.1, -0.05) is 61.2 Å². The van der Waals surface area contributed by atoms with Crippen LogP contribution in [0.2, 0.25) is 0 Å². The van der Waals surface area contributed by atoms with E-state index in [0.29, 0.717) is 30.0 Å². The monoisotopic (exact) mass is 477 g/mol. The lowest BCUT2D eigenvalue weighted by atomic mass is 9.92. The highest BCUT2D eigenvalue weighted by molar-refractivity contribution is 8.16. The number of aliphatic imine (C=N–C) groups is 1. The van der Waals surface area contributed by atoms with Gasteiger partial charge in [-0.3, -0.25) is 4.79 Å². The van der Waals surface area contributed by atoms with Gasteiger partial charge in [0, 0.05) is 12.2 Å². The van der Waals surface area contributed by atoms with E-state index >= 15 is 0 Å². The van der Waals surface area contributed by atoms with Gasteiger partial charge in [0.25, 0.3) is 0 Å². The molecule has 0 aromatic heterocycles. The van der Waals surface area contributed by atoms with E-state index in [4.69, 9.17) is 14.5 Å². The van der Waals surface area contributed by atoms with Gasteiger partial charge < -0.3 is 19.7 Å². The van der Waals surface area contributed by atoms with Crippen molar-refractivity contribution in [1.82, 2.24) is 10.2 Å². The number of amides is 1. The summed E-state index contributed by atoms with van der Waals surface area (Å²) in [5, 5.41) is 5.65. The van der Waals surface area contributed by atoms with Crippen molar-refractivity contribution in [1.29, 1.82) is 0 Å². The number of nitrogens with one attached hydrogen (secondary N) is 1. The lowest BCUT2D eigenvalue weighted by Crippen LogP contribution is -2.38. The van der Waals surface area contributed by atoms with Gasteiger partial charge in [0.15, 0.2) is 5.17 Å². The number of allylic oxidation sites excluding steroid dienone is 1. The Kier molecular flexibility index (Phi) is 7.37. The molecule has 176 valence electrons. The lowest BCUT2D eigenvalue weighted by molar-refractivity contribution is -0.136. The molecule has 2 aromatic rings. The third-order valence-corrected chi connectivity index (χ3v) is 6.60. The van der Waals surface area contributed by atoms with Gasteiger partial charge in [-0.25, -0.2) is 9.79 Å². The van der Waals surface area contributed by atoms with Crippen LogP contribution >= 0.6 is 11.8 Å². The van der Waals surface area contributed by atoms with Crippen LogP contribution in [0.3, 0.4) is 0 Å². The second kappa shape index (κ2) is 10.6. The van der Waals surface area contributed by atoms with Crippen LogP contribution in [0, 0.1) is 0 Å². The normalized spacial score (nSPS) is 17.0. The summed E-state index contributed by atoms with van der Waals surface area (Å²) < 4.78 is 10.6. The summed E-state index contributed by atoms with van der Waals surface area (Å²) in [5.41, 5.74) is 3.82. The van der Waals surface area contributed by atoms with Crippen LogP contribution in [0.1, 0.15) is 36.9 Å². The predicted molar refractivity (Wildman–Crippen MR) is 133 cm³/mol. The number of esters is 1. The van der Waals surface area contributed by atoms with Crippen LogP contribution in [0.25, 0.3) is 0 Å². The summed E-state index contributed by atoms with van der Waals surface area (Å²) >= 11 is 1.46. The van der Waals surface area contributed by atoms with Crippen LogP contribution in [0.5, 0.6) is 5.75 Å². The van der Waals surface area contributed by atoms with Crippen LogP contribution in [-0.2, 0) is 20.9 Å². The maximum absolute atomic E-state index is 12.9. The summed E-state index contributed by atoms with van der Waals surface area (Å²) in [6.45, 7) is 2.42. The van der Waals surface area contributed by atoms with Crippen molar-refractivity contribution in [2.24, 2.45) is 4.99 Å². The number of nitrogens with zero attached hydrogens (tertiary/aromatic N) is 2. The smallest absolute Gasteiger partial charge is 0.338 e. The predicted octanol–water partition coefficient (Wildman–Crippen LogP) is 4.54. The molecule has 8 heteroatoms. The summed E-state index contributed by atoms with van der Waals surface area (Å²) in [4.78, 5) is 32.5. The van der Waals surface area contributed by atoms with Gasteiger partial charge in [-0.2, -0.15) is 0 Å². The van der Waals surface area contributed by atoms with Crippen LogP contribution in [0.15, 0.2) is 82.0 Å². The van der Waals surface area contributed by atoms with Gasteiger partial charge in [0.05, 0.1) is 38.0 Å². The zero-order valence-electron chi connectivity index (χ0n) is 19.4. The summed E-state index contributed by atoms with van der Waals surface area (Å²) in [7, 11) is 2.98. The number of hydrogen-bond donors (Lipinski definition) is 1. The van der Waals surface area contributed by atoms with Crippen molar-refractivity contribution in [3.8, 4) is 5.75 Å². The molecule has 0 aliphatic carbocycles. The Labute approximate surface area is 203 Å². The van der Waals surface area contributed by atoms with Crippen molar-refractivity contribution in [2.45, 2.75) is 32.4 Å². The molecule has 0 bridgehead atoms. The van der Waals surface area contributed by atoms with Crippen molar-refractivity contribution in [2.75, 3.05) is 14.2 Å². The number of carbonyl (C=O) groups excluding carboxylic acids is 2. The average molecular weight is 478 g/mol. The summed E-state index contributed by atoms with van der Waals surface area (Å²) in [6, 6.07) is 16.9. The molecule has 7 nitrogen and oxygen atoms in total. The molecule has 0 fully saturated rings. The Morgan fingerprint density at radius 2 is 1.91 bits per heavy atom. The fourth-order valence-corrected chi connectivity index (χ4v) is 5.00. The minimum Gasteiger partial charge on any atom is -0.497 e. The van der Waals surface area contributed by atoms with Gasteiger partial charge >= 0.3 is 5.97 Å². The molecule has 0 saturated heterocycles. The number of amidine groups is 1. The second-order valence-corrected chi connectivity index (χ2v) is 8.65. The molecule has 4 rings (SSSR count). The largest absolute Gasteiger partial charge is 0.497 e. The molecule has 1 N–H and O–H groups in total. The van der Waals surface area contributed by atoms with E-state index in [9.17, 15) is 9.59 Å². The molecular formula is C26H27N3O4S. The number of thioether (sulfide) groups is 1. The summed E-state index contributed by atoms with van der Waals surface area (Å²) in [6.07, 6.45) is 0.741. The molecule has 2 aromatic carbocycles.